The molecule has 1 aromatic heterocycles. The number of anilines is 4. The standard InChI is InChI=1S/C21H21Br2N7O2/c1-13-2-4-16(5-3-13)25-19-26-20(28-21(27-19)30-6-8-32-9-7-30)29-24-12-14-10-15(22)11-17(23)18(14)31/h2-5,10-12,31H,6-9H2,1H3,(H2,25,26,27,28,29)/b24-12-. The van der Waals surface area contributed by atoms with Gasteiger partial charge < -0.3 is 20.1 Å². The van der Waals surface area contributed by atoms with Crippen LogP contribution in [0.1, 0.15) is 11.1 Å². The Bertz CT molecular complexity index is 1120. The number of aryl methyl sites for hydroxylation is 1. The Morgan fingerprint density at radius 3 is 2.53 bits per heavy atom. The van der Waals surface area contributed by atoms with E-state index in [0.717, 1.165) is 10.2 Å². The average Bonchev–Trinajstić information content (AvgIpc) is 2.79. The Hall–Kier alpha value is -2.76. The van der Waals surface area contributed by atoms with E-state index in [1.165, 1.54) is 11.8 Å². The van der Waals surface area contributed by atoms with Gasteiger partial charge >= 0.3 is 0 Å². The van der Waals surface area contributed by atoms with Crippen LogP contribution in [0.5, 0.6) is 5.75 Å². The maximum Gasteiger partial charge on any atom is 0.250 e. The van der Waals surface area contributed by atoms with E-state index in [1.54, 1.807) is 12.1 Å². The van der Waals surface area contributed by atoms with Gasteiger partial charge in [-0.05, 0) is 47.1 Å². The molecule has 9 nitrogen and oxygen atoms in total. The van der Waals surface area contributed by atoms with Gasteiger partial charge in [0, 0.05) is 28.8 Å². The van der Waals surface area contributed by atoms with E-state index in [1.807, 2.05) is 36.1 Å². The number of rotatable bonds is 6. The third-order valence-corrected chi connectivity index (χ3v) is 5.71. The van der Waals surface area contributed by atoms with Crippen molar-refractivity contribution in [1.82, 2.24) is 15.0 Å². The predicted octanol–water partition coefficient (Wildman–Crippen LogP) is 4.44. The smallest absolute Gasteiger partial charge is 0.250 e. The topological polar surface area (TPSA) is 108 Å². The molecular formula is C21H21Br2N7O2. The van der Waals surface area contributed by atoms with Gasteiger partial charge in [0.1, 0.15) is 5.75 Å². The second kappa shape index (κ2) is 10.2. The molecule has 0 saturated carbocycles. The van der Waals surface area contributed by atoms with Gasteiger partial charge in [0.25, 0.3) is 0 Å². The number of aromatic nitrogens is 3. The molecule has 3 aromatic rings. The van der Waals surface area contributed by atoms with Gasteiger partial charge in [0.15, 0.2) is 0 Å². The van der Waals surface area contributed by atoms with Crippen molar-refractivity contribution < 1.29 is 9.84 Å². The fraction of sp³-hybridized carbons (Fsp3) is 0.238. The molecule has 3 N–H and O–H groups in total. The van der Waals surface area contributed by atoms with Crippen LogP contribution >= 0.6 is 31.9 Å². The van der Waals surface area contributed by atoms with Crippen molar-refractivity contribution in [3.63, 3.8) is 0 Å². The van der Waals surface area contributed by atoms with Crippen LogP contribution in [-0.2, 0) is 4.74 Å². The summed E-state index contributed by atoms with van der Waals surface area (Å²) in [5, 5.41) is 17.6. The zero-order chi connectivity index (χ0) is 22.5. The second-order valence-electron chi connectivity index (χ2n) is 7.07. The van der Waals surface area contributed by atoms with Crippen molar-refractivity contribution in [2.24, 2.45) is 5.10 Å². The van der Waals surface area contributed by atoms with Crippen molar-refractivity contribution in [3.05, 3.63) is 56.5 Å². The van der Waals surface area contributed by atoms with Gasteiger partial charge in [0.05, 0.1) is 23.9 Å². The number of hydrogen-bond donors (Lipinski definition) is 3. The van der Waals surface area contributed by atoms with Crippen LogP contribution in [0.2, 0.25) is 0 Å². The molecule has 0 spiro atoms. The molecule has 32 heavy (non-hydrogen) atoms. The van der Waals surface area contributed by atoms with Gasteiger partial charge in [-0.15, -0.1) is 0 Å². The van der Waals surface area contributed by atoms with Crippen LogP contribution in [0.15, 0.2) is 50.4 Å². The largest absolute Gasteiger partial charge is 0.506 e. The minimum atomic E-state index is 0.0881. The van der Waals surface area contributed by atoms with E-state index < -0.39 is 0 Å². The number of hydrazone groups is 1. The normalized spacial score (nSPS) is 14.0. The average molecular weight is 563 g/mol. The van der Waals surface area contributed by atoms with E-state index in [4.69, 9.17) is 4.74 Å². The maximum absolute atomic E-state index is 10.2. The number of hydrogen-bond acceptors (Lipinski definition) is 9. The van der Waals surface area contributed by atoms with Crippen molar-refractivity contribution in [2.45, 2.75) is 6.92 Å². The van der Waals surface area contributed by atoms with Gasteiger partial charge in [-0.3, -0.25) is 0 Å². The quantitative estimate of drug-likeness (QED) is 0.299. The molecule has 2 aromatic carbocycles. The monoisotopic (exact) mass is 561 g/mol. The number of morpholine rings is 1. The molecule has 0 atom stereocenters. The first-order chi connectivity index (χ1) is 15.5. The number of nitrogens with one attached hydrogen (secondary N) is 2. The van der Waals surface area contributed by atoms with E-state index in [-0.39, 0.29) is 11.7 Å². The minimum Gasteiger partial charge on any atom is -0.506 e. The summed E-state index contributed by atoms with van der Waals surface area (Å²) in [7, 11) is 0. The number of ether oxygens (including phenoxy) is 1. The third kappa shape index (κ3) is 5.72. The molecule has 0 radical (unpaired) electrons. The van der Waals surface area contributed by atoms with E-state index in [0.29, 0.717) is 48.2 Å². The lowest BCUT2D eigenvalue weighted by atomic mass is 10.2. The van der Waals surface area contributed by atoms with Crippen LogP contribution < -0.4 is 15.6 Å². The maximum atomic E-state index is 10.2. The fourth-order valence-electron chi connectivity index (χ4n) is 2.99. The Morgan fingerprint density at radius 2 is 1.78 bits per heavy atom. The summed E-state index contributed by atoms with van der Waals surface area (Å²) in [4.78, 5) is 15.6. The summed E-state index contributed by atoms with van der Waals surface area (Å²) < 4.78 is 6.80. The molecule has 0 aliphatic carbocycles. The first-order valence-electron chi connectivity index (χ1n) is 9.87. The van der Waals surface area contributed by atoms with Crippen LogP contribution in [-0.4, -0.2) is 52.6 Å². The molecule has 1 saturated heterocycles. The highest BCUT2D eigenvalue weighted by Crippen LogP contribution is 2.30. The van der Waals surface area contributed by atoms with Crippen LogP contribution in [0.3, 0.4) is 0 Å². The Morgan fingerprint density at radius 1 is 1.06 bits per heavy atom. The molecule has 0 amide bonds. The summed E-state index contributed by atoms with van der Waals surface area (Å²) in [5.41, 5.74) is 5.40. The fourth-order valence-corrected chi connectivity index (χ4v) is 4.24. The van der Waals surface area contributed by atoms with Crippen LogP contribution in [0, 0.1) is 6.92 Å². The molecule has 1 aliphatic heterocycles. The summed E-state index contributed by atoms with van der Waals surface area (Å²) >= 11 is 6.72. The number of aromatic hydroxyl groups is 1. The van der Waals surface area contributed by atoms with Gasteiger partial charge in [-0.1, -0.05) is 33.6 Å². The van der Waals surface area contributed by atoms with Gasteiger partial charge in [-0.25, -0.2) is 5.43 Å². The lowest BCUT2D eigenvalue weighted by molar-refractivity contribution is 0.122. The summed E-state index contributed by atoms with van der Waals surface area (Å²) in [5.74, 6) is 1.30. The number of phenols is 1. The highest BCUT2D eigenvalue weighted by molar-refractivity contribution is 9.11. The van der Waals surface area contributed by atoms with Crippen molar-refractivity contribution >= 4 is 61.6 Å². The van der Waals surface area contributed by atoms with E-state index in [2.05, 4.69) is 62.7 Å². The molecule has 2 heterocycles. The Balaban J connectivity index is 1.59. The third-order valence-electron chi connectivity index (χ3n) is 4.65. The Labute approximate surface area is 202 Å². The van der Waals surface area contributed by atoms with Gasteiger partial charge in [-0.2, -0.15) is 20.1 Å². The number of nitrogens with zero attached hydrogens (tertiary/aromatic N) is 5. The zero-order valence-electron chi connectivity index (χ0n) is 17.2. The predicted molar refractivity (Wildman–Crippen MR) is 132 cm³/mol. The molecule has 0 unspecified atom stereocenters. The summed E-state index contributed by atoms with van der Waals surface area (Å²) in [6, 6.07) is 11.5. The van der Waals surface area contributed by atoms with Crippen LogP contribution in [0.4, 0.5) is 23.5 Å². The minimum absolute atomic E-state index is 0.0881. The lowest BCUT2D eigenvalue weighted by Gasteiger charge is -2.27. The molecule has 166 valence electrons. The molecular weight excluding hydrogens is 542 g/mol. The van der Waals surface area contributed by atoms with Gasteiger partial charge in [0.2, 0.25) is 17.8 Å². The van der Waals surface area contributed by atoms with Crippen LogP contribution in [0.25, 0.3) is 0 Å². The zero-order valence-corrected chi connectivity index (χ0v) is 20.4. The lowest BCUT2D eigenvalue weighted by Crippen LogP contribution is -2.37. The second-order valence-corrected chi connectivity index (χ2v) is 8.84. The SMILES string of the molecule is Cc1ccc(Nc2nc(N/N=C\c3cc(Br)cc(Br)c3O)nc(N3CCOCC3)n2)cc1. The van der Waals surface area contributed by atoms with E-state index >= 15 is 0 Å². The van der Waals surface area contributed by atoms with E-state index in [9.17, 15) is 5.11 Å². The Kier molecular flexibility index (Phi) is 7.18. The van der Waals surface area contributed by atoms with Crippen molar-refractivity contribution in [1.29, 1.82) is 0 Å². The molecule has 4 rings (SSSR count). The number of phenolic OH excluding ortho intramolecular Hbond substituents is 1. The van der Waals surface area contributed by atoms with Crippen molar-refractivity contribution in [3.8, 4) is 5.75 Å². The molecule has 1 aliphatic rings. The molecule has 1 fully saturated rings. The molecule has 0 bridgehead atoms. The molecule has 11 heteroatoms. The first kappa shape index (κ1) is 22.4. The number of halogens is 2. The highest BCUT2D eigenvalue weighted by atomic mass is 79.9. The first-order valence-corrected chi connectivity index (χ1v) is 11.5. The number of benzene rings is 2. The summed E-state index contributed by atoms with van der Waals surface area (Å²) in [6.45, 7) is 4.65. The highest BCUT2D eigenvalue weighted by Gasteiger charge is 2.17. The van der Waals surface area contributed by atoms with Crippen molar-refractivity contribution in [2.75, 3.05) is 41.9 Å². The summed E-state index contributed by atoms with van der Waals surface area (Å²) in [6.07, 6.45) is 1.50.